The Balaban J connectivity index is 0.000000212. The number of ether oxygens (including phenoxy) is 2. The molecule has 9 nitrogen and oxygen atoms in total. The number of aromatic nitrogens is 5. The molecule has 6 heterocycles. The minimum absolute atomic E-state index is 0.276. The van der Waals surface area contributed by atoms with E-state index in [2.05, 4.69) is 31.2 Å². The van der Waals surface area contributed by atoms with Gasteiger partial charge in [-0.1, -0.05) is 18.9 Å². The molecule has 9 heteroatoms. The second-order valence-corrected chi connectivity index (χ2v) is 9.62. The third-order valence-electron chi connectivity index (χ3n) is 7.02. The summed E-state index contributed by atoms with van der Waals surface area (Å²) in [4.78, 5) is 6.95. The van der Waals surface area contributed by atoms with Gasteiger partial charge in [0.1, 0.15) is 29.0 Å². The summed E-state index contributed by atoms with van der Waals surface area (Å²) in [5.41, 5.74) is 4.72. The Bertz CT molecular complexity index is 1350. The molecule has 0 radical (unpaired) electrons. The molecule has 4 aromatic heterocycles. The molecule has 0 spiro atoms. The van der Waals surface area contributed by atoms with E-state index in [0.717, 1.165) is 41.8 Å². The highest BCUT2D eigenvalue weighted by Crippen LogP contribution is 2.33. The largest absolute Gasteiger partial charge is 0.482 e. The zero-order valence-corrected chi connectivity index (χ0v) is 21.4. The fourth-order valence-corrected chi connectivity index (χ4v) is 4.81. The smallest absolute Gasteiger partial charge is 0.148 e. The van der Waals surface area contributed by atoms with E-state index in [9.17, 15) is 5.26 Å². The molecule has 1 N–H and O–H groups in total. The van der Waals surface area contributed by atoms with Gasteiger partial charge < -0.3 is 9.47 Å². The molecule has 2 aliphatic rings. The van der Waals surface area contributed by atoms with Crippen LogP contribution in [-0.4, -0.2) is 62.0 Å². The van der Waals surface area contributed by atoms with Crippen molar-refractivity contribution in [2.24, 2.45) is 0 Å². The van der Waals surface area contributed by atoms with Crippen molar-refractivity contribution in [1.82, 2.24) is 29.7 Å². The quantitative estimate of drug-likeness (QED) is 0.424. The lowest BCUT2D eigenvalue weighted by atomic mass is 10.1. The van der Waals surface area contributed by atoms with Crippen LogP contribution in [0.2, 0.25) is 0 Å². The number of fused-ring (bicyclic) bond motifs is 1. The van der Waals surface area contributed by atoms with Gasteiger partial charge in [-0.25, -0.2) is 4.52 Å². The average molecular weight is 500 g/mol. The van der Waals surface area contributed by atoms with Gasteiger partial charge >= 0.3 is 0 Å². The topological polar surface area (TPSA) is 104 Å². The molecule has 4 aromatic rings. The van der Waals surface area contributed by atoms with Crippen molar-refractivity contribution in [1.29, 1.82) is 5.26 Å². The van der Waals surface area contributed by atoms with Crippen LogP contribution in [0.1, 0.15) is 55.7 Å². The summed E-state index contributed by atoms with van der Waals surface area (Å²) in [5, 5.41) is 20.7. The molecular weight excluding hydrogens is 466 g/mol. The van der Waals surface area contributed by atoms with Crippen molar-refractivity contribution in [2.45, 2.75) is 51.7 Å². The number of nitrogens with one attached hydrogen (secondary N) is 1. The number of rotatable bonds is 5. The van der Waals surface area contributed by atoms with Crippen LogP contribution in [0.25, 0.3) is 16.6 Å². The predicted molar refractivity (Wildman–Crippen MR) is 140 cm³/mol. The number of H-pyrrole nitrogens is 1. The third kappa shape index (κ3) is 5.66. The van der Waals surface area contributed by atoms with E-state index in [0.29, 0.717) is 16.8 Å². The van der Waals surface area contributed by atoms with Crippen LogP contribution in [0, 0.1) is 18.3 Å². The normalized spacial score (nSPS) is 17.2. The molecular formula is C28H33N7O2. The van der Waals surface area contributed by atoms with Crippen LogP contribution in [-0.2, 0) is 4.74 Å². The Morgan fingerprint density at radius 1 is 1.16 bits per heavy atom. The number of pyridine rings is 2. The maximum absolute atomic E-state index is 9.41. The van der Waals surface area contributed by atoms with Crippen molar-refractivity contribution in [3.05, 3.63) is 66.0 Å². The molecule has 0 amide bonds. The summed E-state index contributed by atoms with van der Waals surface area (Å²) in [6, 6.07) is 10.5. The van der Waals surface area contributed by atoms with Gasteiger partial charge in [0.15, 0.2) is 0 Å². The van der Waals surface area contributed by atoms with Gasteiger partial charge in [-0.3, -0.25) is 15.0 Å². The van der Waals surface area contributed by atoms with Crippen LogP contribution >= 0.6 is 0 Å². The summed E-state index contributed by atoms with van der Waals surface area (Å²) >= 11 is 0. The zero-order chi connectivity index (χ0) is 25.6. The minimum Gasteiger partial charge on any atom is -0.482 e. The third-order valence-corrected chi connectivity index (χ3v) is 7.02. The molecule has 0 saturated carbocycles. The standard InChI is InChI=1S/C19H16N6O.C9H17NO/c1-12-16(10-22-24-12)14-7-18(19-15(8-20)9-23-25(19)11-14)26-13(2)17-5-3-4-6-21-17;1-2-4-6-10(5-3-1)9-7-11-8-9/h3-7,9-11,13H,1-2H3,(H,22,24);9H,1-8H2. The Morgan fingerprint density at radius 2 is 1.97 bits per heavy atom. The van der Waals surface area contributed by atoms with E-state index < -0.39 is 0 Å². The second kappa shape index (κ2) is 11.5. The first kappa shape index (κ1) is 24.9. The first-order valence-corrected chi connectivity index (χ1v) is 12.9. The van der Waals surface area contributed by atoms with Gasteiger partial charge in [-0.05, 0) is 58.0 Å². The van der Waals surface area contributed by atoms with Gasteiger partial charge in [0.05, 0.1) is 37.3 Å². The maximum Gasteiger partial charge on any atom is 0.148 e. The van der Waals surface area contributed by atoms with Crippen LogP contribution in [0.4, 0.5) is 0 Å². The molecule has 1 unspecified atom stereocenters. The second-order valence-electron chi connectivity index (χ2n) is 9.62. The summed E-state index contributed by atoms with van der Waals surface area (Å²) < 4.78 is 13.0. The summed E-state index contributed by atoms with van der Waals surface area (Å²) in [5.74, 6) is 0.579. The van der Waals surface area contributed by atoms with Gasteiger partial charge in [0, 0.05) is 29.2 Å². The van der Waals surface area contributed by atoms with Gasteiger partial charge in [0.2, 0.25) is 0 Å². The lowest BCUT2D eigenvalue weighted by Crippen LogP contribution is -2.49. The van der Waals surface area contributed by atoms with Crippen LogP contribution in [0.5, 0.6) is 5.75 Å². The van der Waals surface area contributed by atoms with Crippen molar-refractivity contribution in [3.8, 4) is 22.9 Å². The van der Waals surface area contributed by atoms with E-state index in [1.165, 1.54) is 38.8 Å². The molecule has 0 aromatic carbocycles. The van der Waals surface area contributed by atoms with E-state index in [-0.39, 0.29) is 6.10 Å². The van der Waals surface area contributed by atoms with E-state index in [4.69, 9.17) is 9.47 Å². The SMILES string of the molecule is C1CCCN(C2COC2)CC1.Cc1[nH]ncc1-c1cc(OC(C)c2ccccn2)c2c(C#N)cnn2c1. The highest BCUT2D eigenvalue weighted by Gasteiger charge is 2.25. The molecule has 2 aliphatic heterocycles. The lowest BCUT2D eigenvalue weighted by Gasteiger charge is -2.36. The molecule has 2 fully saturated rings. The zero-order valence-electron chi connectivity index (χ0n) is 21.4. The number of nitriles is 1. The average Bonchev–Trinajstić information content (AvgIpc) is 3.42. The minimum atomic E-state index is -0.276. The molecule has 0 bridgehead atoms. The first-order valence-electron chi connectivity index (χ1n) is 12.9. The number of likely N-dealkylation sites (tertiary alicyclic amines) is 1. The molecule has 6 rings (SSSR count). The summed E-state index contributed by atoms with van der Waals surface area (Å²) in [6.07, 6.45) is 12.3. The maximum atomic E-state index is 9.41. The summed E-state index contributed by atoms with van der Waals surface area (Å²) in [6.45, 7) is 8.48. The molecule has 37 heavy (non-hydrogen) atoms. The number of nitrogens with zero attached hydrogens (tertiary/aromatic N) is 6. The van der Waals surface area contributed by atoms with E-state index >= 15 is 0 Å². The van der Waals surface area contributed by atoms with Crippen LogP contribution in [0.15, 0.2) is 49.1 Å². The molecule has 2 saturated heterocycles. The predicted octanol–water partition coefficient (Wildman–Crippen LogP) is 4.70. The van der Waals surface area contributed by atoms with Crippen LogP contribution in [0.3, 0.4) is 0 Å². The number of hydrogen-bond acceptors (Lipinski definition) is 7. The Kier molecular flexibility index (Phi) is 7.78. The molecule has 1 atom stereocenters. The fraction of sp³-hybridized carbons (Fsp3) is 0.429. The van der Waals surface area contributed by atoms with E-state index in [1.807, 2.05) is 44.3 Å². The molecule has 0 aliphatic carbocycles. The van der Waals surface area contributed by atoms with E-state index in [1.54, 1.807) is 23.1 Å². The van der Waals surface area contributed by atoms with Gasteiger partial charge in [-0.15, -0.1) is 0 Å². The number of aryl methyl sites for hydroxylation is 1. The number of hydrogen-bond donors (Lipinski definition) is 1. The number of aromatic amines is 1. The van der Waals surface area contributed by atoms with Gasteiger partial charge in [0.25, 0.3) is 0 Å². The van der Waals surface area contributed by atoms with Crippen LogP contribution < -0.4 is 4.74 Å². The highest BCUT2D eigenvalue weighted by molar-refractivity contribution is 5.75. The molecule has 192 valence electrons. The van der Waals surface area contributed by atoms with Crippen molar-refractivity contribution >= 4 is 5.52 Å². The van der Waals surface area contributed by atoms with Gasteiger partial charge in [-0.2, -0.15) is 15.5 Å². The van der Waals surface area contributed by atoms with Crippen molar-refractivity contribution < 1.29 is 9.47 Å². The Labute approximate surface area is 217 Å². The summed E-state index contributed by atoms with van der Waals surface area (Å²) in [7, 11) is 0. The Hall–Kier alpha value is -3.74. The van der Waals surface area contributed by atoms with Crippen molar-refractivity contribution in [2.75, 3.05) is 26.3 Å². The fourth-order valence-electron chi connectivity index (χ4n) is 4.81. The first-order chi connectivity index (χ1) is 18.1. The monoisotopic (exact) mass is 499 g/mol. The highest BCUT2D eigenvalue weighted by atomic mass is 16.5. The van der Waals surface area contributed by atoms with Crippen molar-refractivity contribution in [3.63, 3.8) is 0 Å². The Morgan fingerprint density at radius 3 is 2.59 bits per heavy atom. The lowest BCUT2D eigenvalue weighted by molar-refractivity contribution is -0.0636.